The first-order chi connectivity index (χ1) is 9.67. The Hall–Kier alpha value is -1.75. The molecule has 2 rings (SSSR count). The molecule has 1 aromatic carbocycles. The predicted octanol–water partition coefficient (Wildman–Crippen LogP) is 3.93. The highest BCUT2D eigenvalue weighted by molar-refractivity contribution is 9.10. The summed E-state index contributed by atoms with van der Waals surface area (Å²) in [5, 5.41) is 2.99. The van der Waals surface area contributed by atoms with Crippen LogP contribution in [0, 0.1) is 0 Å². The van der Waals surface area contributed by atoms with Gasteiger partial charge in [0.15, 0.2) is 4.67 Å². The standard InChI is InChI=1S/C15H16BrNO3/c1-3-12(10-6-4-5-7-13(10)19-2)17-15(18)11-8-9-20-14(11)16/h4-9,12H,3H2,1-2H3,(H,17,18). The van der Waals surface area contributed by atoms with Gasteiger partial charge in [0.05, 0.1) is 25.0 Å². The Kier molecular flexibility index (Phi) is 4.84. The first kappa shape index (κ1) is 14.7. The number of hydrogen-bond donors (Lipinski definition) is 1. The summed E-state index contributed by atoms with van der Waals surface area (Å²) in [6, 6.07) is 9.20. The number of ether oxygens (including phenoxy) is 1. The van der Waals surface area contributed by atoms with Crippen molar-refractivity contribution in [3.8, 4) is 5.75 Å². The maximum absolute atomic E-state index is 12.2. The van der Waals surface area contributed by atoms with Crippen molar-refractivity contribution in [1.82, 2.24) is 5.32 Å². The monoisotopic (exact) mass is 337 g/mol. The SMILES string of the molecule is CCC(NC(=O)c1ccoc1Br)c1ccccc1OC. The van der Waals surface area contributed by atoms with Gasteiger partial charge in [0, 0.05) is 5.56 Å². The Labute approximate surface area is 126 Å². The molecule has 0 spiro atoms. The van der Waals surface area contributed by atoms with Crippen LogP contribution in [0.4, 0.5) is 0 Å². The molecule has 20 heavy (non-hydrogen) atoms. The van der Waals surface area contributed by atoms with Crippen molar-refractivity contribution < 1.29 is 13.9 Å². The highest BCUT2D eigenvalue weighted by Gasteiger charge is 2.19. The zero-order chi connectivity index (χ0) is 14.5. The Morgan fingerprint density at radius 1 is 1.40 bits per heavy atom. The van der Waals surface area contributed by atoms with Gasteiger partial charge in [0.25, 0.3) is 5.91 Å². The number of amides is 1. The highest BCUT2D eigenvalue weighted by atomic mass is 79.9. The quantitative estimate of drug-likeness (QED) is 0.899. The first-order valence-corrected chi connectivity index (χ1v) is 7.13. The van der Waals surface area contributed by atoms with Crippen molar-refractivity contribution in [1.29, 1.82) is 0 Å². The molecule has 5 heteroatoms. The van der Waals surface area contributed by atoms with E-state index in [9.17, 15) is 4.79 Å². The summed E-state index contributed by atoms with van der Waals surface area (Å²) < 4.78 is 10.9. The summed E-state index contributed by atoms with van der Waals surface area (Å²) in [6.45, 7) is 2.02. The van der Waals surface area contributed by atoms with Crippen LogP contribution >= 0.6 is 15.9 Å². The second-order valence-electron chi connectivity index (χ2n) is 4.28. The lowest BCUT2D eigenvalue weighted by Crippen LogP contribution is -2.28. The fourth-order valence-electron chi connectivity index (χ4n) is 2.05. The van der Waals surface area contributed by atoms with Gasteiger partial charge in [-0.1, -0.05) is 25.1 Å². The normalized spacial score (nSPS) is 11.9. The Morgan fingerprint density at radius 3 is 2.75 bits per heavy atom. The molecule has 1 N–H and O–H groups in total. The van der Waals surface area contributed by atoms with Crippen LogP contribution < -0.4 is 10.1 Å². The zero-order valence-electron chi connectivity index (χ0n) is 11.4. The van der Waals surface area contributed by atoms with Crippen LogP contribution in [0.15, 0.2) is 45.7 Å². The summed E-state index contributed by atoms with van der Waals surface area (Å²) >= 11 is 3.21. The van der Waals surface area contributed by atoms with Crippen LogP contribution in [0.25, 0.3) is 0 Å². The van der Waals surface area contributed by atoms with Crippen molar-refractivity contribution in [2.75, 3.05) is 7.11 Å². The van der Waals surface area contributed by atoms with Crippen molar-refractivity contribution in [3.05, 3.63) is 52.4 Å². The minimum Gasteiger partial charge on any atom is -0.496 e. The third kappa shape index (κ3) is 3.04. The number of furan rings is 1. The number of carbonyl (C=O) groups is 1. The van der Waals surface area contributed by atoms with Crippen LogP contribution in [-0.2, 0) is 0 Å². The molecule has 0 aliphatic rings. The average molecular weight is 338 g/mol. The molecule has 0 radical (unpaired) electrons. The molecule has 0 bridgehead atoms. The summed E-state index contributed by atoms with van der Waals surface area (Å²) in [6.07, 6.45) is 2.24. The fraction of sp³-hybridized carbons (Fsp3) is 0.267. The number of nitrogens with one attached hydrogen (secondary N) is 1. The lowest BCUT2D eigenvalue weighted by Gasteiger charge is -2.19. The number of rotatable bonds is 5. The Bertz CT molecular complexity index is 594. The van der Waals surface area contributed by atoms with Crippen LogP contribution in [0.3, 0.4) is 0 Å². The number of methoxy groups -OCH3 is 1. The second kappa shape index (κ2) is 6.61. The molecule has 0 aliphatic heterocycles. The van der Waals surface area contributed by atoms with Crippen LogP contribution in [0.5, 0.6) is 5.75 Å². The van der Waals surface area contributed by atoms with Gasteiger partial charge in [-0.05, 0) is 34.5 Å². The van der Waals surface area contributed by atoms with Crippen molar-refractivity contribution in [2.24, 2.45) is 0 Å². The van der Waals surface area contributed by atoms with Crippen molar-refractivity contribution >= 4 is 21.8 Å². The van der Waals surface area contributed by atoms with E-state index in [1.165, 1.54) is 6.26 Å². The Morgan fingerprint density at radius 2 is 2.15 bits per heavy atom. The molecule has 0 fully saturated rings. The van der Waals surface area contributed by atoms with Gasteiger partial charge >= 0.3 is 0 Å². The molecular formula is C15H16BrNO3. The van der Waals surface area contributed by atoms with Gasteiger partial charge in [-0.15, -0.1) is 0 Å². The van der Waals surface area contributed by atoms with E-state index in [0.29, 0.717) is 10.2 Å². The topological polar surface area (TPSA) is 51.5 Å². The van der Waals surface area contributed by atoms with Gasteiger partial charge in [0.1, 0.15) is 5.75 Å². The fourth-order valence-corrected chi connectivity index (χ4v) is 2.47. The summed E-state index contributed by atoms with van der Waals surface area (Å²) in [5.74, 6) is 0.592. The van der Waals surface area contributed by atoms with E-state index >= 15 is 0 Å². The lowest BCUT2D eigenvalue weighted by molar-refractivity contribution is 0.0933. The van der Waals surface area contributed by atoms with Gasteiger partial charge in [0.2, 0.25) is 0 Å². The van der Waals surface area contributed by atoms with Gasteiger partial charge < -0.3 is 14.5 Å². The van der Waals surface area contributed by atoms with E-state index in [1.807, 2.05) is 31.2 Å². The maximum Gasteiger partial charge on any atom is 0.256 e. The maximum atomic E-state index is 12.2. The summed E-state index contributed by atoms with van der Waals surface area (Å²) in [5.41, 5.74) is 1.45. The third-order valence-corrected chi connectivity index (χ3v) is 3.70. The molecule has 1 atom stereocenters. The summed E-state index contributed by atoms with van der Waals surface area (Å²) in [7, 11) is 1.63. The molecule has 0 aliphatic carbocycles. The number of halogens is 1. The molecule has 0 saturated heterocycles. The van der Waals surface area contributed by atoms with Crippen LogP contribution in [-0.4, -0.2) is 13.0 Å². The highest BCUT2D eigenvalue weighted by Crippen LogP contribution is 2.27. The van der Waals surface area contributed by atoms with Crippen molar-refractivity contribution in [2.45, 2.75) is 19.4 Å². The van der Waals surface area contributed by atoms with E-state index < -0.39 is 0 Å². The molecule has 1 heterocycles. The lowest BCUT2D eigenvalue weighted by atomic mass is 10.0. The van der Waals surface area contributed by atoms with E-state index in [2.05, 4.69) is 21.2 Å². The van der Waals surface area contributed by atoms with Crippen molar-refractivity contribution in [3.63, 3.8) is 0 Å². The van der Waals surface area contributed by atoms with Gasteiger partial charge in [-0.3, -0.25) is 4.79 Å². The van der Waals surface area contributed by atoms with E-state index in [-0.39, 0.29) is 11.9 Å². The molecule has 1 unspecified atom stereocenters. The molecule has 0 saturated carbocycles. The third-order valence-electron chi connectivity index (χ3n) is 3.09. The zero-order valence-corrected chi connectivity index (χ0v) is 12.9. The van der Waals surface area contributed by atoms with Gasteiger partial charge in [-0.25, -0.2) is 0 Å². The average Bonchev–Trinajstić information content (AvgIpc) is 2.90. The number of para-hydroxylation sites is 1. The second-order valence-corrected chi connectivity index (χ2v) is 5.00. The molecular weight excluding hydrogens is 322 g/mol. The Balaban J connectivity index is 2.21. The smallest absolute Gasteiger partial charge is 0.256 e. The molecule has 1 aromatic heterocycles. The number of hydrogen-bond acceptors (Lipinski definition) is 3. The largest absolute Gasteiger partial charge is 0.496 e. The summed E-state index contributed by atoms with van der Waals surface area (Å²) in [4.78, 5) is 12.2. The van der Waals surface area contributed by atoms with Gasteiger partial charge in [-0.2, -0.15) is 0 Å². The minimum atomic E-state index is -0.177. The molecule has 106 valence electrons. The minimum absolute atomic E-state index is 0.111. The van der Waals surface area contributed by atoms with E-state index in [4.69, 9.17) is 9.15 Å². The predicted molar refractivity (Wildman–Crippen MR) is 79.9 cm³/mol. The molecule has 2 aromatic rings. The molecule has 4 nitrogen and oxygen atoms in total. The van der Waals surface area contributed by atoms with Crippen LogP contribution in [0.1, 0.15) is 35.3 Å². The first-order valence-electron chi connectivity index (χ1n) is 6.34. The molecule has 1 amide bonds. The number of benzene rings is 1. The van der Waals surface area contributed by atoms with E-state index in [0.717, 1.165) is 17.7 Å². The van der Waals surface area contributed by atoms with Crippen LogP contribution in [0.2, 0.25) is 0 Å². The number of carbonyl (C=O) groups excluding carboxylic acids is 1. The van der Waals surface area contributed by atoms with E-state index in [1.54, 1.807) is 13.2 Å².